The molecule has 0 aliphatic carbocycles. The van der Waals surface area contributed by atoms with Gasteiger partial charge in [0.2, 0.25) is 5.91 Å². The average molecular weight is 358 g/mol. The molecule has 0 atom stereocenters. The summed E-state index contributed by atoms with van der Waals surface area (Å²) in [5, 5.41) is 6.28. The molecule has 2 heterocycles. The van der Waals surface area contributed by atoms with Crippen molar-refractivity contribution in [2.24, 2.45) is 0 Å². The van der Waals surface area contributed by atoms with Gasteiger partial charge in [0.1, 0.15) is 10.6 Å². The lowest BCUT2D eigenvalue weighted by atomic mass is 10.0. The smallest absolute Gasteiger partial charge is 0.234 e. The van der Waals surface area contributed by atoms with Gasteiger partial charge in [0.15, 0.2) is 5.16 Å². The van der Waals surface area contributed by atoms with Gasteiger partial charge in [-0.2, -0.15) is 0 Å². The van der Waals surface area contributed by atoms with E-state index in [0.717, 1.165) is 21.5 Å². The Bertz CT molecular complexity index is 876. The second kappa shape index (κ2) is 7.19. The summed E-state index contributed by atoms with van der Waals surface area (Å²) in [5.74, 6) is 0.956. The predicted molar refractivity (Wildman–Crippen MR) is 102 cm³/mol. The van der Waals surface area contributed by atoms with Crippen LogP contribution in [0.25, 0.3) is 10.2 Å². The van der Waals surface area contributed by atoms with E-state index in [9.17, 15) is 4.79 Å². The van der Waals surface area contributed by atoms with E-state index >= 15 is 0 Å². The van der Waals surface area contributed by atoms with Crippen LogP contribution in [-0.4, -0.2) is 21.6 Å². The van der Waals surface area contributed by atoms with Crippen LogP contribution >= 0.6 is 23.1 Å². The number of para-hydroxylation sites is 1. The largest absolute Gasteiger partial charge is 0.383 e. The number of benzene rings is 1. The molecule has 3 aromatic rings. The van der Waals surface area contributed by atoms with Gasteiger partial charge in [-0.3, -0.25) is 4.79 Å². The number of rotatable bonds is 5. The van der Waals surface area contributed by atoms with Crippen LogP contribution in [-0.2, 0) is 4.79 Å². The minimum Gasteiger partial charge on any atom is -0.383 e. The van der Waals surface area contributed by atoms with Gasteiger partial charge in [0.05, 0.1) is 11.1 Å². The Morgan fingerprint density at radius 3 is 2.88 bits per heavy atom. The van der Waals surface area contributed by atoms with Crippen molar-refractivity contribution in [3.05, 3.63) is 41.3 Å². The molecule has 2 aromatic heterocycles. The van der Waals surface area contributed by atoms with Gasteiger partial charge in [-0.05, 0) is 29.0 Å². The van der Waals surface area contributed by atoms with Crippen LogP contribution in [0.3, 0.4) is 0 Å². The van der Waals surface area contributed by atoms with E-state index in [4.69, 9.17) is 5.73 Å². The van der Waals surface area contributed by atoms with Gasteiger partial charge in [-0.1, -0.05) is 43.8 Å². The number of nitrogens with one attached hydrogen (secondary N) is 1. The number of hydrogen-bond acceptors (Lipinski definition) is 6. The highest BCUT2D eigenvalue weighted by atomic mass is 32.2. The summed E-state index contributed by atoms with van der Waals surface area (Å²) in [4.78, 5) is 21.8. The van der Waals surface area contributed by atoms with E-state index in [-0.39, 0.29) is 11.7 Å². The zero-order valence-corrected chi connectivity index (χ0v) is 15.1. The van der Waals surface area contributed by atoms with Crippen LogP contribution in [0, 0.1) is 0 Å². The fraction of sp³-hybridized carbons (Fsp3) is 0.235. The summed E-state index contributed by atoms with van der Waals surface area (Å²) in [6, 6.07) is 9.75. The molecule has 0 fully saturated rings. The van der Waals surface area contributed by atoms with E-state index in [0.29, 0.717) is 16.9 Å². The molecule has 0 spiro atoms. The maximum Gasteiger partial charge on any atom is 0.234 e. The number of hydrogen-bond donors (Lipinski definition) is 2. The number of thiophene rings is 1. The molecular formula is C17H18N4OS2. The molecule has 124 valence electrons. The molecule has 5 nitrogen and oxygen atoms in total. The first-order valence-electron chi connectivity index (χ1n) is 7.57. The zero-order valence-electron chi connectivity index (χ0n) is 13.4. The molecule has 24 heavy (non-hydrogen) atoms. The van der Waals surface area contributed by atoms with Crippen molar-refractivity contribution in [2.45, 2.75) is 24.9 Å². The first-order chi connectivity index (χ1) is 11.5. The quantitative estimate of drug-likeness (QED) is 0.529. The monoisotopic (exact) mass is 358 g/mol. The summed E-state index contributed by atoms with van der Waals surface area (Å²) in [7, 11) is 0. The molecule has 0 saturated heterocycles. The third-order valence-electron chi connectivity index (χ3n) is 3.52. The molecule has 0 unspecified atom stereocenters. The van der Waals surface area contributed by atoms with Gasteiger partial charge < -0.3 is 11.1 Å². The fourth-order valence-corrected chi connectivity index (χ4v) is 3.83. The Balaban J connectivity index is 1.67. The van der Waals surface area contributed by atoms with Crippen molar-refractivity contribution in [1.29, 1.82) is 0 Å². The summed E-state index contributed by atoms with van der Waals surface area (Å²) in [6.07, 6.45) is 0. The Kier molecular flexibility index (Phi) is 5.01. The van der Waals surface area contributed by atoms with Crippen molar-refractivity contribution in [1.82, 2.24) is 9.97 Å². The van der Waals surface area contributed by atoms with E-state index in [1.165, 1.54) is 23.1 Å². The van der Waals surface area contributed by atoms with Crippen LogP contribution in [0.2, 0.25) is 0 Å². The number of fused-ring (bicyclic) bond motifs is 1. The Labute approximate surface area is 148 Å². The highest BCUT2D eigenvalue weighted by Crippen LogP contribution is 2.27. The minimum absolute atomic E-state index is 0.0819. The number of anilines is 2. The first-order valence-corrected chi connectivity index (χ1v) is 9.43. The molecule has 0 aliphatic rings. The van der Waals surface area contributed by atoms with E-state index in [1.807, 2.05) is 35.7 Å². The van der Waals surface area contributed by atoms with Crippen LogP contribution in [0.5, 0.6) is 0 Å². The average Bonchev–Trinajstić information content (AvgIpc) is 3.02. The third kappa shape index (κ3) is 3.68. The highest BCUT2D eigenvalue weighted by Gasteiger charge is 2.12. The summed E-state index contributed by atoms with van der Waals surface area (Å²) < 4.78 is 0. The van der Waals surface area contributed by atoms with Crippen molar-refractivity contribution < 1.29 is 4.79 Å². The zero-order chi connectivity index (χ0) is 17.1. The van der Waals surface area contributed by atoms with Crippen molar-refractivity contribution >= 4 is 50.7 Å². The van der Waals surface area contributed by atoms with Gasteiger partial charge >= 0.3 is 0 Å². The number of carbonyl (C=O) groups excluding carboxylic acids is 1. The molecule has 1 aromatic carbocycles. The second-order valence-corrected chi connectivity index (χ2v) is 7.45. The molecule has 0 radical (unpaired) electrons. The normalized spacial score (nSPS) is 11.1. The van der Waals surface area contributed by atoms with E-state index < -0.39 is 0 Å². The molecular weight excluding hydrogens is 340 g/mol. The topological polar surface area (TPSA) is 80.9 Å². The number of aromatic nitrogens is 2. The van der Waals surface area contributed by atoms with Crippen LogP contribution < -0.4 is 11.1 Å². The summed E-state index contributed by atoms with van der Waals surface area (Å²) in [5.41, 5.74) is 7.90. The molecule has 3 rings (SSSR count). The second-order valence-electron chi connectivity index (χ2n) is 5.61. The van der Waals surface area contributed by atoms with Gasteiger partial charge in [0.25, 0.3) is 0 Å². The van der Waals surface area contributed by atoms with Gasteiger partial charge in [0, 0.05) is 5.69 Å². The van der Waals surface area contributed by atoms with Crippen molar-refractivity contribution in [3.63, 3.8) is 0 Å². The van der Waals surface area contributed by atoms with Crippen LogP contribution in [0.15, 0.2) is 40.9 Å². The molecule has 7 heteroatoms. The maximum absolute atomic E-state index is 12.2. The predicted octanol–water partition coefficient (Wildman–Crippen LogP) is 4.13. The number of nitrogens with zero attached hydrogens (tertiary/aromatic N) is 2. The fourth-order valence-electron chi connectivity index (χ4n) is 2.35. The lowest BCUT2D eigenvalue weighted by Crippen LogP contribution is -2.16. The Morgan fingerprint density at radius 2 is 2.08 bits per heavy atom. The number of amides is 1. The van der Waals surface area contributed by atoms with E-state index in [2.05, 4.69) is 29.1 Å². The van der Waals surface area contributed by atoms with Crippen LogP contribution in [0.1, 0.15) is 25.3 Å². The minimum atomic E-state index is -0.0819. The molecule has 0 bridgehead atoms. The number of carbonyl (C=O) groups is 1. The lowest BCUT2D eigenvalue weighted by Gasteiger charge is -2.13. The number of thioether (sulfide) groups is 1. The Hall–Kier alpha value is -2.12. The maximum atomic E-state index is 12.2. The van der Waals surface area contributed by atoms with Crippen molar-refractivity contribution in [2.75, 3.05) is 16.8 Å². The third-order valence-corrected chi connectivity index (χ3v) is 5.18. The standard InChI is InChI=1S/C17H18N4OS2/c1-10(2)11-5-3-4-6-13(11)19-14(22)9-24-17-20-15(18)12-7-8-23-16(12)21-17/h3-8,10H,9H2,1-2H3,(H,19,22)(H2,18,20,21). The molecule has 1 amide bonds. The van der Waals surface area contributed by atoms with Gasteiger partial charge in [-0.15, -0.1) is 11.3 Å². The highest BCUT2D eigenvalue weighted by molar-refractivity contribution is 7.99. The van der Waals surface area contributed by atoms with Crippen LogP contribution in [0.4, 0.5) is 11.5 Å². The molecule has 3 N–H and O–H groups in total. The summed E-state index contributed by atoms with van der Waals surface area (Å²) in [6.45, 7) is 4.21. The van der Waals surface area contributed by atoms with Gasteiger partial charge in [-0.25, -0.2) is 9.97 Å². The SMILES string of the molecule is CC(C)c1ccccc1NC(=O)CSc1nc(N)c2ccsc2n1. The summed E-state index contributed by atoms with van der Waals surface area (Å²) >= 11 is 2.80. The van der Waals surface area contributed by atoms with E-state index in [1.54, 1.807) is 0 Å². The first kappa shape index (κ1) is 16.7. The lowest BCUT2D eigenvalue weighted by molar-refractivity contribution is -0.113. The van der Waals surface area contributed by atoms with Crippen molar-refractivity contribution in [3.8, 4) is 0 Å². The number of nitrogens with two attached hydrogens (primary N) is 1. The Morgan fingerprint density at radius 1 is 1.29 bits per heavy atom. The number of nitrogen functional groups attached to an aromatic ring is 1. The molecule has 0 aliphatic heterocycles. The molecule has 0 saturated carbocycles.